The molecule has 1 heterocycles. The minimum Gasteiger partial charge on any atom is -0.303 e. The zero-order valence-electron chi connectivity index (χ0n) is 10.5. The molecular weight excluding hydrogens is 170 g/mol. The molecule has 1 aliphatic heterocycles. The Bertz CT molecular complexity index is 149. The van der Waals surface area contributed by atoms with Crippen LogP contribution in [-0.4, -0.2) is 24.5 Å². The van der Waals surface area contributed by atoms with E-state index in [2.05, 4.69) is 18.7 Å². The van der Waals surface area contributed by atoms with Crippen molar-refractivity contribution in [1.29, 1.82) is 0 Å². The molecule has 1 spiro atoms. The SMILES string of the molecule is CC.CC(C)CN1CCC2(CC1)CC2. The fourth-order valence-corrected chi connectivity index (χ4v) is 2.40. The molecule has 0 aromatic heterocycles. The van der Waals surface area contributed by atoms with Gasteiger partial charge in [-0.2, -0.15) is 0 Å². The predicted octanol–water partition coefficient (Wildman–Crippen LogP) is 3.54. The third-order valence-electron chi connectivity index (χ3n) is 3.50. The largest absolute Gasteiger partial charge is 0.303 e. The van der Waals surface area contributed by atoms with Crippen molar-refractivity contribution in [2.24, 2.45) is 11.3 Å². The first-order chi connectivity index (χ1) is 6.70. The summed E-state index contributed by atoms with van der Waals surface area (Å²) in [5.41, 5.74) is 0.855. The van der Waals surface area contributed by atoms with Crippen LogP contribution in [0.25, 0.3) is 0 Å². The Morgan fingerprint density at radius 3 is 1.86 bits per heavy atom. The topological polar surface area (TPSA) is 3.24 Å². The molecule has 1 aliphatic carbocycles. The van der Waals surface area contributed by atoms with E-state index in [9.17, 15) is 0 Å². The highest BCUT2D eigenvalue weighted by molar-refractivity contribution is 4.96. The molecule has 0 atom stereocenters. The van der Waals surface area contributed by atoms with E-state index in [1.54, 1.807) is 0 Å². The van der Waals surface area contributed by atoms with Crippen LogP contribution in [-0.2, 0) is 0 Å². The summed E-state index contributed by atoms with van der Waals surface area (Å²) >= 11 is 0. The Labute approximate surface area is 89.9 Å². The third kappa shape index (κ3) is 3.27. The summed E-state index contributed by atoms with van der Waals surface area (Å²) in [6.07, 6.45) is 6.03. The van der Waals surface area contributed by atoms with Gasteiger partial charge in [-0.05, 0) is 50.1 Å². The molecule has 84 valence electrons. The van der Waals surface area contributed by atoms with Gasteiger partial charge in [-0.3, -0.25) is 0 Å². The minimum absolute atomic E-state index is 0.846. The molecule has 0 aromatic rings. The number of likely N-dealkylation sites (tertiary alicyclic amines) is 1. The lowest BCUT2D eigenvalue weighted by atomic mass is 9.93. The zero-order chi connectivity index (χ0) is 10.6. The fraction of sp³-hybridized carbons (Fsp3) is 1.00. The van der Waals surface area contributed by atoms with Gasteiger partial charge in [-0.25, -0.2) is 0 Å². The summed E-state index contributed by atoms with van der Waals surface area (Å²) in [5, 5.41) is 0. The summed E-state index contributed by atoms with van der Waals surface area (Å²) in [6, 6.07) is 0. The van der Waals surface area contributed by atoms with Gasteiger partial charge in [0.15, 0.2) is 0 Å². The summed E-state index contributed by atoms with van der Waals surface area (Å²) < 4.78 is 0. The van der Waals surface area contributed by atoms with Crippen LogP contribution < -0.4 is 0 Å². The molecule has 14 heavy (non-hydrogen) atoms. The van der Waals surface area contributed by atoms with E-state index >= 15 is 0 Å². The van der Waals surface area contributed by atoms with Gasteiger partial charge in [-0.1, -0.05) is 27.7 Å². The normalized spacial score (nSPS) is 24.6. The zero-order valence-corrected chi connectivity index (χ0v) is 10.5. The minimum atomic E-state index is 0.846. The van der Waals surface area contributed by atoms with E-state index in [-0.39, 0.29) is 0 Å². The highest BCUT2D eigenvalue weighted by Crippen LogP contribution is 2.53. The Balaban J connectivity index is 0.000000461. The number of nitrogens with zero attached hydrogens (tertiary/aromatic N) is 1. The maximum absolute atomic E-state index is 2.65. The monoisotopic (exact) mass is 197 g/mol. The van der Waals surface area contributed by atoms with Crippen molar-refractivity contribution in [2.75, 3.05) is 19.6 Å². The van der Waals surface area contributed by atoms with Crippen LogP contribution in [0.4, 0.5) is 0 Å². The Morgan fingerprint density at radius 1 is 1.00 bits per heavy atom. The first-order valence-electron chi connectivity index (χ1n) is 6.43. The average molecular weight is 197 g/mol. The van der Waals surface area contributed by atoms with Gasteiger partial charge < -0.3 is 4.90 Å². The van der Waals surface area contributed by atoms with Crippen molar-refractivity contribution in [3.05, 3.63) is 0 Å². The van der Waals surface area contributed by atoms with Crippen molar-refractivity contribution in [2.45, 2.75) is 53.4 Å². The van der Waals surface area contributed by atoms with Crippen LogP contribution >= 0.6 is 0 Å². The number of hydrogen-bond acceptors (Lipinski definition) is 1. The van der Waals surface area contributed by atoms with Crippen LogP contribution in [0.2, 0.25) is 0 Å². The molecule has 0 N–H and O–H groups in total. The van der Waals surface area contributed by atoms with E-state index < -0.39 is 0 Å². The van der Waals surface area contributed by atoms with Gasteiger partial charge in [0.25, 0.3) is 0 Å². The van der Waals surface area contributed by atoms with E-state index in [1.165, 1.54) is 45.3 Å². The van der Waals surface area contributed by atoms with E-state index in [1.807, 2.05) is 13.8 Å². The maximum atomic E-state index is 2.65. The van der Waals surface area contributed by atoms with Crippen LogP contribution in [0.5, 0.6) is 0 Å². The lowest BCUT2D eigenvalue weighted by molar-refractivity contribution is 0.157. The molecule has 0 bridgehead atoms. The van der Waals surface area contributed by atoms with Gasteiger partial charge in [0.2, 0.25) is 0 Å². The standard InChI is InChI=1S/C11H21N.C2H6/c1-10(2)9-12-7-5-11(3-4-11)6-8-12;1-2/h10H,3-9H2,1-2H3;1-2H3. The Morgan fingerprint density at radius 2 is 1.50 bits per heavy atom. The van der Waals surface area contributed by atoms with Crippen LogP contribution in [0.15, 0.2) is 0 Å². The van der Waals surface area contributed by atoms with Crippen molar-refractivity contribution < 1.29 is 0 Å². The number of piperidine rings is 1. The van der Waals surface area contributed by atoms with Gasteiger partial charge >= 0.3 is 0 Å². The third-order valence-corrected chi connectivity index (χ3v) is 3.50. The quantitative estimate of drug-likeness (QED) is 0.654. The first kappa shape index (κ1) is 12.0. The average Bonchev–Trinajstić information content (AvgIpc) is 2.93. The molecule has 2 aliphatic rings. The number of rotatable bonds is 2. The molecule has 1 heteroatoms. The Kier molecular flexibility index (Phi) is 4.43. The molecule has 0 aromatic carbocycles. The second-order valence-electron chi connectivity index (χ2n) is 5.19. The van der Waals surface area contributed by atoms with Crippen molar-refractivity contribution in [3.63, 3.8) is 0 Å². The lowest BCUT2D eigenvalue weighted by Crippen LogP contribution is -2.36. The molecule has 2 fully saturated rings. The van der Waals surface area contributed by atoms with Crippen molar-refractivity contribution >= 4 is 0 Å². The summed E-state index contributed by atoms with van der Waals surface area (Å²) in [5.74, 6) is 0.846. The molecule has 1 nitrogen and oxygen atoms in total. The highest BCUT2D eigenvalue weighted by atomic mass is 15.1. The lowest BCUT2D eigenvalue weighted by Gasteiger charge is -2.33. The second-order valence-corrected chi connectivity index (χ2v) is 5.19. The van der Waals surface area contributed by atoms with Gasteiger partial charge in [0.05, 0.1) is 0 Å². The van der Waals surface area contributed by atoms with Crippen LogP contribution in [0, 0.1) is 11.3 Å². The summed E-state index contributed by atoms with van der Waals surface area (Å²) in [6.45, 7) is 12.7. The van der Waals surface area contributed by atoms with Crippen LogP contribution in [0.1, 0.15) is 53.4 Å². The Hall–Kier alpha value is -0.0400. The van der Waals surface area contributed by atoms with E-state index in [4.69, 9.17) is 0 Å². The van der Waals surface area contributed by atoms with Crippen molar-refractivity contribution in [1.82, 2.24) is 4.90 Å². The summed E-state index contributed by atoms with van der Waals surface area (Å²) in [4.78, 5) is 2.65. The molecule has 2 rings (SSSR count). The molecule has 0 amide bonds. The maximum Gasteiger partial charge on any atom is 0.000439 e. The molecule has 0 radical (unpaired) electrons. The van der Waals surface area contributed by atoms with Gasteiger partial charge in [0, 0.05) is 6.54 Å². The second kappa shape index (κ2) is 5.16. The number of hydrogen-bond donors (Lipinski definition) is 0. The highest BCUT2D eigenvalue weighted by Gasteiger charge is 2.44. The van der Waals surface area contributed by atoms with E-state index in [0.717, 1.165) is 11.3 Å². The molecule has 1 saturated heterocycles. The fourth-order valence-electron chi connectivity index (χ4n) is 2.40. The van der Waals surface area contributed by atoms with Gasteiger partial charge in [-0.15, -0.1) is 0 Å². The van der Waals surface area contributed by atoms with Gasteiger partial charge in [0.1, 0.15) is 0 Å². The molecule has 0 unspecified atom stereocenters. The van der Waals surface area contributed by atoms with Crippen LogP contribution in [0.3, 0.4) is 0 Å². The molecule has 1 saturated carbocycles. The summed E-state index contributed by atoms with van der Waals surface area (Å²) in [7, 11) is 0. The van der Waals surface area contributed by atoms with E-state index in [0.29, 0.717) is 0 Å². The smallest absolute Gasteiger partial charge is 0.000439 e. The van der Waals surface area contributed by atoms with Crippen molar-refractivity contribution in [3.8, 4) is 0 Å². The molecular formula is C13H27N. The predicted molar refractivity (Wildman–Crippen MR) is 63.5 cm³/mol. The first-order valence-corrected chi connectivity index (χ1v) is 6.43.